The van der Waals surface area contributed by atoms with Gasteiger partial charge in [0.25, 0.3) is 0 Å². The molecule has 2 aromatic rings. The van der Waals surface area contributed by atoms with Crippen LogP contribution in [0.15, 0.2) is 36.4 Å². The quantitative estimate of drug-likeness (QED) is 0.820. The van der Waals surface area contributed by atoms with Crippen LogP contribution in [0.25, 0.3) is 0 Å². The Hall–Kier alpha value is -2.34. The fourth-order valence-electron chi connectivity index (χ4n) is 3.94. The number of rotatable bonds is 4. The number of halogens is 1. The number of pyridine rings is 1. The summed E-state index contributed by atoms with van der Waals surface area (Å²) >= 11 is 0. The van der Waals surface area contributed by atoms with Gasteiger partial charge >= 0.3 is 0 Å². The number of hydrogen-bond acceptors (Lipinski definition) is 5. The molecule has 1 N–H and O–H groups in total. The summed E-state index contributed by atoms with van der Waals surface area (Å²) in [6, 6.07) is 11.4. The second-order valence-electron chi connectivity index (χ2n) is 7.36. The van der Waals surface area contributed by atoms with E-state index in [1.54, 1.807) is 12.1 Å². The van der Waals surface area contributed by atoms with Crippen molar-refractivity contribution in [3.63, 3.8) is 0 Å². The third-order valence-corrected chi connectivity index (χ3v) is 5.26. The summed E-state index contributed by atoms with van der Waals surface area (Å²) in [5.74, 6) is 0.737. The monoisotopic (exact) mass is 400 g/mol. The second kappa shape index (κ2) is 10.4. The maximum absolute atomic E-state index is 13.6. The predicted octanol–water partition coefficient (Wildman–Crippen LogP) is 4.47. The average Bonchev–Trinajstić information content (AvgIpc) is 2.76. The predicted molar refractivity (Wildman–Crippen MR) is 119 cm³/mol. The van der Waals surface area contributed by atoms with Crippen molar-refractivity contribution < 1.29 is 9.13 Å². The van der Waals surface area contributed by atoms with E-state index in [1.807, 2.05) is 26.8 Å². The van der Waals surface area contributed by atoms with Crippen molar-refractivity contribution in [2.45, 2.75) is 39.7 Å². The molecular weight excluding hydrogens is 367 g/mol. The van der Waals surface area contributed by atoms with E-state index in [0.29, 0.717) is 6.04 Å². The largest absolute Gasteiger partial charge is 0.378 e. The minimum absolute atomic E-state index is 0.182. The lowest BCUT2D eigenvalue weighted by molar-refractivity contribution is 0.122. The molecule has 1 aromatic carbocycles. The lowest BCUT2D eigenvalue weighted by Crippen LogP contribution is -2.42. The van der Waals surface area contributed by atoms with Gasteiger partial charge in [-0.3, -0.25) is 0 Å². The van der Waals surface area contributed by atoms with Crippen LogP contribution < -0.4 is 15.1 Å². The Morgan fingerprint density at radius 2 is 1.83 bits per heavy atom. The van der Waals surface area contributed by atoms with Gasteiger partial charge in [0.2, 0.25) is 0 Å². The molecule has 5 nitrogen and oxygen atoms in total. The number of anilines is 3. The van der Waals surface area contributed by atoms with Gasteiger partial charge in [0.1, 0.15) is 11.6 Å². The maximum atomic E-state index is 13.6. The highest BCUT2D eigenvalue weighted by Crippen LogP contribution is 2.25. The van der Waals surface area contributed by atoms with Crippen molar-refractivity contribution in [3.05, 3.63) is 47.9 Å². The van der Waals surface area contributed by atoms with Gasteiger partial charge < -0.3 is 19.9 Å². The molecule has 2 fully saturated rings. The van der Waals surface area contributed by atoms with Gasteiger partial charge in [-0.15, -0.1) is 0 Å². The number of morpholine rings is 1. The summed E-state index contributed by atoms with van der Waals surface area (Å²) in [5.41, 5.74) is 3.16. The maximum Gasteiger partial charge on any atom is 0.128 e. The Kier molecular flexibility index (Phi) is 7.69. The van der Waals surface area contributed by atoms with Crippen LogP contribution in [0.1, 0.15) is 32.4 Å². The Balaban J connectivity index is 0.00000117. The molecule has 0 spiro atoms. The van der Waals surface area contributed by atoms with Crippen molar-refractivity contribution in [2.24, 2.45) is 0 Å². The van der Waals surface area contributed by atoms with Crippen molar-refractivity contribution in [1.29, 1.82) is 0 Å². The van der Waals surface area contributed by atoms with Crippen molar-refractivity contribution in [1.82, 2.24) is 4.98 Å². The lowest BCUT2D eigenvalue weighted by atomic mass is 10.0. The van der Waals surface area contributed by atoms with Crippen LogP contribution in [0.3, 0.4) is 0 Å². The number of benzene rings is 1. The highest BCUT2D eigenvalue weighted by Gasteiger charge is 2.21. The standard InChI is InChI=1S/C21H27FN4O.C2H6/c1-16-12-20(25-8-10-27-11-9-25)14-21(23-16)24-18-5-3-7-26(15-18)19-6-2-4-17(22)13-19;1-2/h2,4,6,12-14,18H,3,5,7-11,15H2,1H3,(H,23,24);1-2H3. The number of nitrogens with zero attached hydrogens (tertiary/aromatic N) is 3. The molecule has 29 heavy (non-hydrogen) atoms. The summed E-state index contributed by atoms with van der Waals surface area (Å²) in [6.45, 7) is 11.2. The SMILES string of the molecule is CC.Cc1cc(N2CCOCC2)cc(NC2CCCN(c3cccc(F)c3)C2)n1. The third-order valence-electron chi connectivity index (χ3n) is 5.26. The molecule has 0 amide bonds. The molecule has 3 heterocycles. The van der Waals surface area contributed by atoms with E-state index in [2.05, 4.69) is 32.2 Å². The van der Waals surface area contributed by atoms with E-state index >= 15 is 0 Å². The van der Waals surface area contributed by atoms with Gasteiger partial charge in [0, 0.05) is 55.4 Å². The van der Waals surface area contributed by atoms with Gasteiger partial charge in [0.05, 0.1) is 13.2 Å². The zero-order chi connectivity index (χ0) is 20.6. The lowest BCUT2D eigenvalue weighted by Gasteiger charge is -2.35. The molecule has 0 aliphatic carbocycles. The van der Waals surface area contributed by atoms with E-state index in [1.165, 1.54) is 11.8 Å². The number of aromatic nitrogens is 1. The fraction of sp³-hybridized carbons (Fsp3) is 0.522. The van der Waals surface area contributed by atoms with Gasteiger partial charge in [-0.1, -0.05) is 19.9 Å². The molecule has 2 saturated heterocycles. The molecule has 0 bridgehead atoms. The molecule has 0 radical (unpaired) electrons. The van der Waals surface area contributed by atoms with Crippen LogP contribution in [0.2, 0.25) is 0 Å². The van der Waals surface area contributed by atoms with Gasteiger partial charge in [-0.05, 0) is 44.0 Å². The number of hydrogen-bond donors (Lipinski definition) is 1. The zero-order valence-electron chi connectivity index (χ0n) is 17.8. The minimum atomic E-state index is -0.182. The molecule has 1 unspecified atom stereocenters. The first-order valence-electron chi connectivity index (χ1n) is 10.8. The first-order chi connectivity index (χ1) is 14.2. The van der Waals surface area contributed by atoms with E-state index in [0.717, 1.165) is 69.4 Å². The van der Waals surface area contributed by atoms with Crippen LogP contribution >= 0.6 is 0 Å². The normalized spacial score (nSPS) is 19.4. The summed E-state index contributed by atoms with van der Waals surface area (Å²) in [6.07, 6.45) is 2.17. The zero-order valence-corrected chi connectivity index (χ0v) is 17.8. The molecule has 4 rings (SSSR count). The molecule has 0 saturated carbocycles. The topological polar surface area (TPSA) is 40.6 Å². The molecule has 2 aliphatic heterocycles. The third kappa shape index (κ3) is 5.82. The summed E-state index contributed by atoms with van der Waals surface area (Å²) in [4.78, 5) is 9.29. The van der Waals surface area contributed by atoms with Crippen molar-refractivity contribution in [2.75, 3.05) is 54.5 Å². The molecule has 6 heteroatoms. The highest BCUT2D eigenvalue weighted by molar-refractivity contribution is 5.56. The minimum Gasteiger partial charge on any atom is -0.378 e. The Bertz CT molecular complexity index is 779. The Labute approximate surface area is 173 Å². The van der Waals surface area contributed by atoms with Gasteiger partial charge in [-0.25, -0.2) is 9.37 Å². The van der Waals surface area contributed by atoms with Crippen LogP contribution in [0.4, 0.5) is 21.6 Å². The summed E-state index contributed by atoms with van der Waals surface area (Å²) in [5, 5.41) is 3.61. The van der Waals surface area contributed by atoms with Crippen molar-refractivity contribution in [3.8, 4) is 0 Å². The van der Waals surface area contributed by atoms with Crippen LogP contribution in [0.5, 0.6) is 0 Å². The Morgan fingerprint density at radius 3 is 2.59 bits per heavy atom. The second-order valence-corrected chi connectivity index (χ2v) is 7.36. The first kappa shape index (κ1) is 21.4. The number of ether oxygens (including phenoxy) is 1. The van der Waals surface area contributed by atoms with Gasteiger partial charge in [-0.2, -0.15) is 0 Å². The molecular formula is C23H33FN4O. The molecule has 2 aliphatic rings. The molecule has 1 atom stereocenters. The summed E-state index contributed by atoms with van der Waals surface area (Å²) in [7, 11) is 0. The number of piperidine rings is 1. The smallest absolute Gasteiger partial charge is 0.128 e. The summed E-state index contributed by atoms with van der Waals surface area (Å²) < 4.78 is 19.0. The fourth-order valence-corrected chi connectivity index (χ4v) is 3.94. The number of nitrogens with one attached hydrogen (secondary N) is 1. The van der Waals surface area contributed by atoms with Crippen molar-refractivity contribution >= 4 is 17.2 Å². The highest BCUT2D eigenvalue weighted by atomic mass is 19.1. The van der Waals surface area contributed by atoms with Crippen LogP contribution in [0, 0.1) is 12.7 Å². The van der Waals surface area contributed by atoms with Crippen LogP contribution in [-0.2, 0) is 4.74 Å². The molecule has 158 valence electrons. The average molecular weight is 401 g/mol. The van der Waals surface area contributed by atoms with E-state index in [4.69, 9.17) is 4.74 Å². The Morgan fingerprint density at radius 1 is 1.03 bits per heavy atom. The molecule has 1 aromatic heterocycles. The van der Waals surface area contributed by atoms with Crippen LogP contribution in [-0.4, -0.2) is 50.4 Å². The van der Waals surface area contributed by atoms with E-state index in [9.17, 15) is 4.39 Å². The number of aryl methyl sites for hydroxylation is 1. The van der Waals surface area contributed by atoms with Gasteiger partial charge in [0.15, 0.2) is 0 Å². The first-order valence-corrected chi connectivity index (χ1v) is 10.8. The van der Waals surface area contributed by atoms with E-state index < -0.39 is 0 Å². The van der Waals surface area contributed by atoms with E-state index in [-0.39, 0.29) is 5.82 Å².